The number of urea groups is 1. The molecule has 0 spiro atoms. The van der Waals surface area contributed by atoms with Gasteiger partial charge >= 0.3 is 6.03 Å². The predicted molar refractivity (Wildman–Crippen MR) is 88.1 cm³/mol. The molecule has 1 heterocycles. The van der Waals surface area contributed by atoms with Crippen LogP contribution in [0.4, 0.5) is 14.9 Å². The summed E-state index contributed by atoms with van der Waals surface area (Å²) in [4.78, 5) is 37.4. The number of benzene rings is 1. The summed E-state index contributed by atoms with van der Waals surface area (Å²) in [6.07, 6.45) is 0.475. The van der Waals surface area contributed by atoms with Gasteiger partial charge < -0.3 is 10.6 Å². The zero-order valence-electron chi connectivity index (χ0n) is 13.7. The Morgan fingerprint density at radius 2 is 2.08 bits per heavy atom. The Labute approximate surface area is 144 Å². The van der Waals surface area contributed by atoms with E-state index in [0.29, 0.717) is 6.42 Å². The molecule has 0 saturated carbocycles. The summed E-state index contributed by atoms with van der Waals surface area (Å²) in [6, 6.07) is 3.11. The van der Waals surface area contributed by atoms with E-state index in [1.807, 2.05) is 13.8 Å². The molecule has 1 fully saturated rings. The number of anilines is 1. The number of nitrogens with zero attached hydrogens (tertiary/aromatic N) is 1. The molecule has 0 bridgehead atoms. The van der Waals surface area contributed by atoms with E-state index in [4.69, 9.17) is 11.6 Å². The molecule has 1 aromatic rings. The van der Waals surface area contributed by atoms with Crippen molar-refractivity contribution in [3.8, 4) is 0 Å². The number of carbonyl (C=O) groups is 3. The van der Waals surface area contributed by atoms with Gasteiger partial charge in [0.05, 0.1) is 5.02 Å². The third-order valence-electron chi connectivity index (χ3n) is 3.67. The average molecular weight is 356 g/mol. The molecule has 24 heavy (non-hydrogen) atoms. The molecule has 2 rings (SSSR count). The maximum Gasteiger partial charge on any atom is 0.325 e. The van der Waals surface area contributed by atoms with E-state index in [1.165, 1.54) is 12.1 Å². The number of halogens is 2. The zero-order chi connectivity index (χ0) is 18.1. The molecule has 2 N–H and O–H groups in total. The van der Waals surface area contributed by atoms with Crippen molar-refractivity contribution >= 4 is 35.1 Å². The van der Waals surface area contributed by atoms with Gasteiger partial charge in [0.25, 0.3) is 5.91 Å². The van der Waals surface area contributed by atoms with Crippen molar-refractivity contribution in [2.45, 2.75) is 32.7 Å². The highest BCUT2D eigenvalue weighted by Gasteiger charge is 2.48. The smallest absolute Gasteiger partial charge is 0.324 e. The van der Waals surface area contributed by atoms with E-state index in [0.717, 1.165) is 11.0 Å². The quantitative estimate of drug-likeness (QED) is 0.797. The fourth-order valence-electron chi connectivity index (χ4n) is 2.76. The van der Waals surface area contributed by atoms with Gasteiger partial charge in [-0.05, 0) is 37.5 Å². The monoisotopic (exact) mass is 355 g/mol. The van der Waals surface area contributed by atoms with Crippen molar-refractivity contribution in [2.24, 2.45) is 5.92 Å². The summed E-state index contributed by atoms with van der Waals surface area (Å²) >= 11 is 5.64. The van der Waals surface area contributed by atoms with Crippen LogP contribution in [0.1, 0.15) is 27.2 Å². The SMILES string of the molecule is CC(C)C[C@]1(C)NC(=O)N(CC(=O)Nc2ccc(F)c(Cl)c2)C1=O. The molecule has 0 aliphatic carbocycles. The highest BCUT2D eigenvalue weighted by Crippen LogP contribution is 2.25. The van der Waals surface area contributed by atoms with Crippen LogP contribution in [0.15, 0.2) is 18.2 Å². The van der Waals surface area contributed by atoms with Crippen LogP contribution in [-0.4, -0.2) is 34.8 Å². The number of nitrogens with one attached hydrogen (secondary N) is 2. The van der Waals surface area contributed by atoms with E-state index < -0.39 is 35.7 Å². The molecular weight excluding hydrogens is 337 g/mol. The van der Waals surface area contributed by atoms with E-state index >= 15 is 0 Å². The Morgan fingerprint density at radius 1 is 1.42 bits per heavy atom. The Kier molecular flexibility index (Phi) is 5.13. The molecule has 4 amide bonds. The summed E-state index contributed by atoms with van der Waals surface area (Å²) in [7, 11) is 0. The van der Waals surface area contributed by atoms with E-state index in [9.17, 15) is 18.8 Å². The minimum atomic E-state index is -1.01. The van der Waals surface area contributed by atoms with Gasteiger partial charge in [-0.25, -0.2) is 9.18 Å². The van der Waals surface area contributed by atoms with Gasteiger partial charge in [-0.3, -0.25) is 14.5 Å². The van der Waals surface area contributed by atoms with Crippen molar-refractivity contribution in [2.75, 3.05) is 11.9 Å². The van der Waals surface area contributed by atoms with Crippen LogP contribution in [0.5, 0.6) is 0 Å². The van der Waals surface area contributed by atoms with Crippen LogP contribution in [0.3, 0.4) is 0 Å². The van der Waals surface area contributed by atoms with Gasteiger partial charge in [0.2, 0.25) is 5.91 Å². The lowest BCUT2D eigenvalue weighted by Gasteiger charge is -2.23. The molecule has 8 heteroatoms. The third kappa shape index (κ3) is 3.84. The average Bonchev–Trinajstić information content (AvgIpc) is 2.65. The van der Waals surface area contributed by atoms with Crippen LogP contribution in [-0.2, 0) is 9.59 Å². The predicted octanol–water partition coefficient (Wildman–Crippen LogP) is 2.77. The minimum Gasteiger partial charge on any atom is -0.324 e. The molecular formula is C16H19ClFN3O3. The van der Waals surface area contributed by atoms with Crippen LogP contribution >= 0.6 is 11.6 Å². The minimum absolute atomic E-state index is 0.132. The van der Waals surface area contributed by atoms with E-state index in [-0.39, 0.29) is 16.6 Å². The van der Waals surface area contributed by atoms with Crippen molar-refractivity contribution in [3.05, 3.63) is 29.0 Å². The first-order chi connectivity index (χ1) is 11.1. The standard InChI is InChI=1S/C16H19ClFN3O3/c1-9(2)7-16(3)14(23)21(15(24)20-16)8-13(22)19-10-4-5-12(18)11(17)6-10/h4-6,9H,7-8H2,1-3H3,(H,19,22)(H,20,24)/t16-/m0/s1. The summed E-state index contributed by atoms with van der Waals surface area (Å²) < 4.78 is 13.1. The van der Waals surface area contributed by atoms with Crippen molar-refractivity contribution in [1.82, 2.24) is 10.2 Å². The highest BCUT2D eigenvalue weighted by atomic mass is 35.5. The normalized spacial score (nSPS) is 20.5. The molecule has 0 radical (unpaired) electrons. The lowest BCUT2D eigenvalue weighted by Crippen LogP contribution is -2.45. The van der Waals surface area contributed by atoms with Crippen LogP contribution in [0.2, 0.25) is 5.02 Å². The lowest BCUT2D eigenvalue weighted by atomic mass is 9.91. The van der Waals surface area contributed by atoms with Gasteiger partial charge in [-0.1, -0.05) is 25.4 Å². The first-order valence-electron chi connectivity index (χ1n) is 7.51. The second-order valence-corrected chi connectivity index (χ2v) is 6.84. The number of imide groups is 1. The fourth-order valence-corrected chi connectivity index (χ4v) is 2.94. The Balaban J connectivity index is 2.04. The molecule has 1 aliphatic rings. The van der Waals surface area contributed by atoms with Gasteiger partial charge in [-0.2, -0.15) is 0 Å². The Bertz CT molecular complexity index is 695. The fraction of sp³-hybridized carbons (Fsp3) is 0.438. The maximum atomic E-state index is 13.1. The zero-order valence-corrected chi connectivity index (χ0v) is 14.4. The molecule has 6 nitrogen and oxygen atoms in total. The van der Waals surface area contributed by atoms with Crippen molar-refractivity contribution in [3.63, 3.8) is 0 Å². The summed E-state index contributed by atoms with van der Waals surface area (Å²) in [5.74, 6) is -1.41. The van der Waals surface area contributed by atoms with E-state index in [1.54, 1.807) is 6.92 Å². The largest absolute Gasteiger partial charge is 0.325 e. The number of carbonyl (C=O) groups excluding carboxylic acids is 3. The first kappa shape index (κ1) is 18.2. The molecule has 0 aromatic heterocycles. The maximum absolute atomic E-state index is 13.1. The van der Waals surface area contributed by atoms with Gasteiger partial charge in [0.1, 0.15) is 17.9 Å². The lowest BCUT2D eigenvalue weighted by molar-refractivity contribution is -0.133. The van der Waals surface area contributed by atoms with Crippen LogP contribution < -0.4 is 10.6 Å². The summed E-state index contributed by atoms with van der Waals surface area (Å²) in [6.45, 7) is 5.11. The van der Waals surface area contributed by atoms with E-state index in [2.05, 4.69) is 10.6 Å². The molecule has 1 atom stereocenters. The second-order valence-electron chi connectivity index (χ2n) is 6.43. The molecule has 1 aromatic carbocycles. The van der Waals surface area contributed by atoms with Gasteiger partial charge in [0.15, 0.2) is 0 Å². The van der Waals surface area contributed by atoms with Crippen LogP contribution in [0, 0.1) is 11.7 Å². The summed E-state index contributed by atoms with van der Waals surface area (Å²) in [5, 5.41) is 4.98. The van der Waals surface area contributed by atoms with Crippen LogP contribution in [0.25, 0.3) is 0 Å². The molecule has 0 unspecified atom stereocenters. The third-order valence-corrected chi connectivity index (χ3v) is 3.96. The van der Waals surface area contributed by atoms with Gasteiger partial charge in [-0.15, -0.1) is 0 Å². The Hall–Kier alpha value is -2.15. The second kappa shape index (κ2) is 6.76. The molecule has 130 valence electrons. The number of hydrogen-bond acceptors (Lipinski definition) is 3. The van der Waals surface area contributed by atoms with Crippen molar-refractivity contribution < 1.29 is 18.8 Å². The molecule has 1 saturated heterocycles. The molecule has 1 aliphatic heterocycles. The van der Waals surface area contributed by atoms with Gasteiger partial charge in [0, 0.05) is 5.69 Å². The highest BCUT2D eigenvalue weighted by molar-refractivity contribution is 6.31. The number of hydrogen-bond donors (Lipinski definition) is 2. The number of amides is 4. The van der Waals surface area contributed by atoms with Crippen molar-refractivity contribution in [1.29, 1.82) is 0 Å². The Morgan fingerprint density at radius 3 is 2.67 bits per heavy atom. The first-order valence-corrected chi connectivity index (χ1v) is 7.89. The topological polar surface area (TPSA) is 78.5 Å². The number of rotatable bonds is 5. The summed E-state index contributed by atoms with van der Waals surface area (Å²) in [5.41, 5.74) is -0.728.